The van der Waals surface area contributed by atoms with E-state index < -0.39 is 11.9 Å². The molecule has 0 spiro atoms. The Labute approximate surface area is 204 Å². The van der Waals surface area contributed by atoms with Gasteiger partial charge < -0.3 is 20.4 Å². The first-order valence-corrected chi connectivity index (χ1v) is 11.5. The quantitative estimate of drug-likeness (QED) is 0.478. The lowest BCUT2D eigenvalue weighted by Crippen LogP contribution is -2.48. The number of nitrogens with zero attached hydrogens (tertiary/aromatic N) is 3. The molecule has 9 heteroatoms. The molecule has 2 aromatic carbocycles. The van der Waals surface area contributed by atoms with Crippen molar-refractivity contribution in [3.8, 4) is 0 Å². The second kappa shape index (κ2) is 11.9. The van der Waals surface area contributed by atoms with Crippen molar-refractivity contribution in [1.29, 1.82) is 0 Å². The minimum absolute atomic E-state index is 0.0414. The van der Waals surface area contributed by atoms with Crippen LogP contribution in [0.4, 0.5) is 11.4 Å². The number of para-hydroxylation sites is 2. The van der Waals surface area contributed by atoms with Crippen LogP contribution < -0.4 is 10.2 Å². The number of nitrogens with one attached hydrogen (secondary N) is 1. The van der Waals surface area contributed by atoms with Gasteiger partial charge in [0.25, 0.3) is 0 Å². The Morgan fingerprint density at radius 3 is 2.11 bits per heavy atom. The van der Waals surface area contributed by atoms with Gasteiger partial charge >= 0.3 is 11.9 Å². The Balaban J connectivity index is 0.000000509. The minimum Gasteiger partial charge on any atom is -0.473 e. The van der Waals surface area contributed by atoms with E-state index >= 15 is 0 Å². The molecule has 2 heterocycles. The molecule has 1 saturated heterocycles. The van der Waals surface area contributed by atoms with Crippen molar-refractivity contribution in [2.75, 3.05) is 42.9 Å². The predicted molar refractivity (Wildman–Crippen MR) is 135 cm³/mol. The topological polar surface area (TPSA) is 123 Å². The maximum Gasteiger partial charge on any atom is 0.414 e. The molecule has 35 heavy (non-hydrogen) atoms. The number of carboxylic acids is 2. The van der Waals surface area contributed by atoms with Crippen molar-refractivity contribution in [3.05, 3.63) is 65.9 Å². The smallest absolute Gasteiger partial charge is 0.414 e. The molecule has 0 unspecified atom stereocenters. The van der Waals surface area contributed by atoms with E-state index in [0.29, 0.717) is 6.54 Å². The second-order valence-corrected chi connectivity index (χ2v) is 8.19. The Bertz CT molecular complexity index is 1180. The number of carbonyl (C=O) groups excluding carboxylic acids is 1. The highest BCUT2D eigenvalue weighted by Crippen LogP contribution is 2.28. The molecule has 0 aliphatic carbocycles. The number of hydrogen-bond donors (Lipinski definition) is 3. The number of aliphatic carboxylic acids is 2. The zero-order chi connectivity index (χ0) is 25.4. The van der Waals surface area contributed by atoms with Gasteiger partial charge in [-0.2, -0.15) is 0 Å². The van der Waals surface area contributed by atoms with E-state index in [1.54, 1.807) is 0 Å². The average Bonchev–Trinajstić information content (AvgIpc) is 2.87. The summed E-state index contributed by atoms with van der Waals surface area (Å²) in [6.07, 6.45) is 0.848. The van der Waals surface area contributed by atoms with E-state index in [9.17, 15) is 4.79 Å². The first-order valence-electron chi connectivity index (χ1n) is 11.5. The normalized spacial score (nSPS) is 13.6. The van der Waals surface area contributed by atoms with Crippen molar-refractivity contribution in [1.82, 2.24) is 9.88 Å². The van der Waals surface area contributed by atoms with Gasteiger partial charge in [-0.1, -0.05) is 43.3 Å². The van der Waals surface area contributed by atoms with E-state index in [1.165, 1.54) is 5.69 Å². The van der Waals surface area contributed by atoms with Crippen molar-refractivity contribution < 1.29 is 24.6 Å². The van der Waals surface area contributed by atoms with E-state index in [-0.39, 0.29) is 5.91 Å². The van der Waals surface area contributed by atoms with Gasteiger partial charge in [-0.15, -0.1) is 0 Å². The molecule has 1 aliphatic rings. The summed E-state index contributed by atoms with van der Waals surface area (Å²) in [5.74, 6) is -3.61. The first-order chi connectivity index (χ1) is 16.8. The summed E-state index contributed by atoms with van der Waals surface area (Å²) in [5.41, 5.74) is 5.19. The summed E-state index contributed by atoms with van der Waals surface area (Å²) in [6, 6.07) is 18.5. The molecule has 3 N–H and O–H groups in total. The van der Waals surface area contributed by atoms with Gasteiger partial charge in [-0.3, -0.25) is 14.7 Å². The number of amides is 1. The van der Waals surface area contributed by atoms with E-state index in [1.807, 2.05) is 37.3 Å². The van der Waals surface area contributed by atoms with Crippen LogP contribution in [0.2, 0.25) is 0 Å². The highest BCUT2D eigenvalue weighted by Gasteiger charge is 2.20. The maximum absolute atomic E-state index is 12.8. The molecule has 1 aromatic heterocycles. The molecule has 9 nitrogen and oxygen atoms in total. The third kappa shape index (κ3) is 6.77. The lowest BCUT2D eigenvalue weighted by atomic mass is 10.1. The predicted octanol–water partition coefficient (Wildman–Crippen LogP) is 3.02. The number of hydrogen-bond acceptors (Lipinski definition) is 6. The Morgan fingerprint density at radius 2 is 1.51 bits per heavy atom. The van der Waals surface area contributed by atoms with E-state index in [0.717, 1.165) is 60.4 Å². The first kappa shape index (κ1) is 25.6. The summed E-state index contributed by atoms with van der Waals surface area (Å²) in [4.78, 5) is 40.4. The monoisotopic (exact) mass is 478 g/mol. The van der Waals surface area contributed by atoms with Gasteiger partial charge in [-0.25, -0.2) is 9.59 Å². The summed E-state index contributed by atoms with van der Waals surface area (Å²) < 4.78 is 0. The van der Waals surface area contributed by atoms with Crippen molar-refractivity contribution >= 4 is 40.1 Å². The van der Waals surface area contributed by atoms with Gasteiger partial charge in [0, 0.05) is 42.9 Å². The van der Waals surface area contributed by atoms with Crippen molar-refractivity contribution in [2.45, 2.75) is 20.3 Å². The fourth-order valence-electron chi connectivity index (χ4n) is 4.05. The van der Waals surface area contributed by atoms with Gasteiger partial charge in [-0.05, 0) is 37.1 Å². The number of fused-ring (bicyclic) bond motifs is 1. The van der Waals surface area contributed by atoms with Crippen molar-refractivity contribution in [3.63, 3.8) is 0 Å². The molecular formula is C26H30N4O5. The van der Waals surface area contributed by atoms with Crippen LogP contribution in [0.1, 0.15) is 18.2 Å². The van der Waals surface area contributed by atoms with Gasteiger partial charge in [0.15, 0.2) is 0 Å². The lowest BCUT2D eigenvalue weighted by molar-refractivity contribution is -0.159. The zero-order valence-electron chi connectivity index (χ0n) is 19.9. The van der Waals surface area contributed by atoms with Gasteiger partial charge in [0.05, 0.1) is 17.7 Å². The Hall–Kier alpha value is -3.98. The third-order valence-electron chi connectivity index (χ3n) is 5.88. The van der Waals surface area contributed by atoms with Crippen LogP contribution in [0.25, 0.3) is 10.9 Å². The van der Waals surface area contributed by atoms with Crippen LogP contribution in [0, 0.1) is 6.92 Å². The number of aryl methyl sites for hydroxylation is 1. The molecule has 184 valence electrons. The van der Waals surface area contributed by atoms with E-state index in [2.05, 4.69) is 46.3 Å². The molecule has 0 saturated carbocycles. The second-order valence-electron chi connectivity index (χ2n) is 8.19. The number of aromatic nitrogens is 1. The number of carbonyl (C=O) groups is 3. The van der Waals surface area contributed by atoms with Gasteiger partial charge in [0.2, 0.25) is 5.91 Å². The summed E-state index contributed by atoms with van der Waals surface area (Å²) in [5, 5.41) is 19.0. The number of benzene rings is 2. The van der Waals surface area contributed by atoms with Crippen LogP contribution >= 0.6 is 0 Å². The standard InChI is InChI=1S/C24H28N4O.C2H2O4/c1-3-21-18(2)24(20-11-7-8-12-22(20)25-21)26-23(29)17-27-13-15-28(16-14-27)19-9-5-4-6-10-19;3-1(4)2(5)6/h4-12H,3,13-17H2,1-2H3,(H,25,26,29);(H,3,4)(H,5,6). The maximum atomic E-state index is 12.8. The average molecular weight is 479 g/mol. The van der Waals surface area contributed by atoms with Crippen LogP contribution in [-0.2, 0) is 20.8 Å². The zero-order valence-corrected chi connectivity index (χ0v) is 19.9. The largest absolute Gasteiger partial charge is 0.473 e. The Kier molecular flexibility index (Phi) is 8.74. The van der Waals surface area contributed by atoms with Crippen molar-refractivity contribution in [2.24, 2.45) is 0 Å². The van der Waals surface area contributed by atoms with E-state index in [4.69, 9.17) is 24.8 Å². The molecular weight excluding hydrogens is 448 g/mol. The minimum atomic E-state index is -1.82. The highest BCUT2D eigenvalue weighted by molar-refractivity contribution is 6.27. The lowest BCUT2D eigenvalue weighted by Gasteiger charge is -2.35. The van der Waals surface area contributed by atoms with Gasteiger partial charge in [0.1, 0.15) is 0 Å². The fourth-order valence-corrected chi connectivity index (χ4v) is 4.05. The molecule has 0 radical (unpaired) electrons. The molecule has 1 amide bonds. The Morgan fingerprint density at radius 1 is 0.914 bits per heavy atom. The fraction of sp³-hybridized carbons (Fsp3) is 0.308. The molecule has 1 fully saturated rings. The number of pyridine rings is 1. The summed E-state index contributed by atoms with van der Waals surface area (Å²) >= 11 is 0. The molecule has 0 bridgehead atoms. The van der Waals surface area contributed by atoms with Crippen LogP contribution in [-0.4, -0.2) is 70.7 Å². The molecule has 3 aromatic rings. The third-order valence-corrected chi connectivity index (χ3v) is 5.88. The number of rotatable bonds is 5. The molecule has 4 rings (SSSR count). The number of anilines is 2. The van der Waals surface area contributed by atoms with Crippen LogP contribution in [0.3, 0.4) is 0 Å². The molecule has 1 aliphatic heterocycles. The number of piperazine rings is 1. The van der Waals surface area contributed by atoms with Crippen LogP contribution in [0.5, 0.6) is 0 Å². The highest BCUT2D eigenvalue weighted by atomic mass is 16.4. The SMILES string of the molecule is CCc1nc2ccccc2c(NC(=O)CN2CCN(c3ccccc3)CC2)c1C.O=C(O)C(=O)O. The summed E-state index contributed by atoms with van der Waals surface area (Å²) in [7, 11) is 0. The summed E-state index contributed by atoms with van der Waals surface area (Å²) in [6.45, 7) is 8.22. The molecule has 0 atom stereocenters. The number of carboxylic acid groups (broad SMARTS) is 2. The van der Waals surface area contributed by atoms with Crippen LogP contribution in [0.15, 0.2) is 54.6 Å².